The quantitative estimate of drug-likeness (QED) is 0.296. The smallest absolute Gasteiger partial charge is 0.234 e. The van der Waals surface area contributed by atoms with Gasteiger partial charge >= 0.3 is 0 Å². The van der Waals surface area contributed by atoms with Gasteiger partial charge < -0.3 is 5.32 Å². The molecule has 0 saturated heterocycles. The summed E-state index contributed by atoms with van der Waals surface area (Å²) in [5.74, 6) is -0.144. The van der Waals surface area contributed by atoms with Crippen LogP contribution in [-0.2, 0) is 4.79 Å². The van der Waals surface area contributed by atoms with Crippen molar-refractivity contribution in [2.75, 3.05) is 11.1 Å². The molecule has 0 aliphatic rings. The van der Waals surface area contributed by atoms with Crippen LogP contribution in [0.4, 0.5) is 5.69 Å². The van der Waals surface area contributed by atoms with Crippen LogP contribution in [0.2, 0.25) is 10.0 Å². The third-order valence-corrected chi connectivity index (χ3v) is 6.25. The second kappa shape index (κ2) is 10.3. The molecule has 33 heavy (non-hydrogen) atoms. The fraction of sp³-hybridized carbons (Fsp3) is 0.120. The van der Waals surface area contributed by atoms with Crippen LogP contribution in [0.5, 0.6) is 0 Å². The minimum absolute atomic E-state index is 0.0989. The number of nitrogens with zero attached hydrogens (tertiary/aromatic N) is 3. The van der Waals surface area contributed by atoms with Crippen molar-refractivity contribution < 1.29 is 4.79 Å². The van der Waals surface area contributed by atoms with Gasteiger partial charge in [0.15, 0.2) is 0 Å². The molecule has 0 saturated carbocycles. The van der Waals surface area contributed by atoms with Crippen molar-refractivity contribution in [3.63, 3.8) is 0 Å². The number of anilines is 1. The molecule has 0 unspecified atom stereocenters. The molecule has 4 aromatic rings. The van der Waals surface area contributed by atoms with Crippen molar-refractivity contribution >= 4 is 46.6 Å². The molecule has 0 radical (unpaired) electrons. The Hall–Kier alpha value is -2.93. The molecule has 0 aliphatic carbocycles. The van der Waals surface area contributed by atoms with E-state index in [1.807, 2.05) is 62.4 Å². The van der Waals surface area contributed by atoms with Gasteiger partial charge in [-0.1, -0.05) is 94.6 Å². The van der Waals surface area contributed by atoms with Crippen molar-refractivity contribution in [1.29, 1.82) is 0 Å². The number of carbonyl (C=O) groups is 1. The number of aromatic nitrogens is 3. The average molecular weight is 495 g/mol. The molecule has 8 heteroatoms. The SMILES string of the molecule is Cc1ccc(-c2nnc(SCC(=O)Nc3cc(Cl)ccc3Cl)nc2-c2ccc(C)cc2)cc1. The highest BCUT2D eigenvalue weighted by atomic mass is 35.5. The topological polar surface area (TPSA) is 67.8 Å². The summed E-state index contributed by atoms with van der Waals surface area (Å²) in [5, 5.41) is 12.8. The maximum Gasteiger partial charge on any atom is 0.234 e. The number of nitrogens with one attached hydrogen (secondary N) is 1. The molecule has 0 bridgehead atoms. The van der Waals surface area contributed by atoms with E-state index in [0.29, 0.717) is 26.6 Å². The second-order valence-electron chi connectivity index (χ2n) is 7.48. The maximum absolute atomic E-state index is 12.5. The lowest BCUT2D eigenvalue weighted by molar-refractivity contribution is -0.113. The number of thioether (sulfide) groups is 1. The zero-order valence-corrected chi connectivity index (χ0v) is 20.3. The summed E-state index contributed by atoms with van der Waals surface area (Å²) in [5.41, 5.74) is 6.05. The number of benzene rings is 3. The van der Waals surface area contributed by atoms with Gasteiger partial charge in [-0.15, -0.1) is 10.2 Å². The average Bonchev–Trinajstić information content (AvgIpc) is 2.81. The summed E-state index contributed by atoms with van der Waals surface area (Å²) in [6, 6.07) is 21.1. The Kier molecular flexibility index (Phi) is 7.28. The standard InChI is InChI=1S/C25H20Cl2N4OS/c1-15-3-7-17(8-4-15)23-24(18-9-5-16(2)6-10-18)30-31-25(29-23)33-14-22(32)28-21-13-19(26)11-12-20(21)27/h3-13H,14H2,1-2H3,(H,28,32). The fourth-order valence-electron chi connectivity index (χ4n) is 3.10. The number of carbonyl (C=O) groups excluding carboxylic acids is 1. The van der Waals surface area contributed by atoms with Crippen LogP contribution in [0, 0.1) is 13.8 Å². The van der Waals surface area contributed by atoms with Crippen molar-refractivity contribution in [3.05, 3.63) is 87.9 Å². The maximum atomic E-state index is 12.5. The molecule has 1 aromatic heterocycles. The first-order valence-corrected chi connectivity index (χ1v) is 11.9. The van der Waals surface area contributed by atoms with E-state index in [1.165, 1.54) is 11.8 Å². The highest BCUT2D eigenvalue weighted by molar-refractivity contribution is 7.99. The van der Waals surface area contributed by atoms with E-state index in [2.05, 4.69) is 15.5 Å². The van der Waals surface area contributed by atoms with E-state index in [-0.39, 0.29) is 11.7 Å². The summed E-state index contributed by atoms with van der Waals surface area (Å²) >= 11 is 13.3. The molecule has 1 N–H and O–H groups in total. The van der Waals surface area contributed by atoms with Gasteiger partial charge in [-0.2, -0.15) is 0 Å². The van der Waals surface area contributed by atoms with Gasteiger partial charge in [-0.25, -0.2) is 4.98 Å². The van der Waals surface area contributed by atoms with E-state index in [1.54, 1.807) is 18.2 Å². The van der Waals surface area contributed by atoms with Crippen LogP contribution in [0.1, 0.15) is 11.1 Å². The molecular weight excluding hydrogens is 475 g/mol. The van der Waals surface area contributed by atoms with Crippen molar-refractivity contribution in [2.45, 2.75) is 19.0 Å². The Balaban J connectivity index is 1.58. The van der Waals surface area contributed by atoms with Crippen LogP contribution < -0.4 is 5.32 Å². The Morgan fingerprint density at radius 1 is 0.848 bits per heavy atom. The lowest BCUT2D eigenvalue weighted by Gasteiger charge is -2.10. The largest absolute Gasteiger partial charge is 0.324 e. The van der Waals surface area contributed by atoms with Gasteiger partial charge in [0.2, 0.25) is 11.1 Å². The zero-order valence-electron chi connectivity index (χ0n) is 18.0. The van der Waals surface area contributed by atoms with Gasteiger partial charge in [-0.3, -0.25) is 4.79 Å². The minimum Gasteiger partial charge on any atom is -0.324 e. The highest BCUT2D eigenvalue weighted by Crippen LogP contribution is 2.31. The predicted octanol–water partition coefficient (Wildman–Crippen LogP) is 6.86. The van der Waals surface area contributed by atoms with E-state index >= 15 is 0 Å². The summed E-state index contributed by atoms with van der Waals surface area (Å²) in [6.07, 6.45) is 0. The summed E-state index contributed by atoms with van der Waals surface area (Å²) in [6.45, 7) is 4.07. The molecule has 1 heterocycles. The number of amides is 1. The predicted molar refractivity (Wildman–Crippen MR) is 136 cm³/mol. The number of aryl methyl sites for hydroxylation is 2. The molecule has 0 atom stereocenters. The molecule has 166 valence electrons. The highest BCUT2D eigenvalue weighted by Gasteiger charge is 2.15. The van der Waals surface area contributed by atoms with Gasteiger partial charge in [0.1, 0.15) is 11.4 Å². The number of hydrogen-bond acceptors (Lipinski definition) is 5. The Morgan fingerprint density at radius 3 is 2.09 bits per heavy atom. The summed E-state index contributed by atoms with van der Waals surface area (Å²) < 4.78 is 0. The zero-order chi connectivity index (χ0) is 23.4. The minimum atomic E-state index is -0.243. The summed E-state index contributed by atoms with van der Waals surface area (Å²) in [7, 11) is 0. The van der Waals surface area contributed by atoms with E-state index in [9.17, 15) is 4.79 Å². The van der Waals surface area contributed by atoms with Crippen LogP contribution in [-0.4, -0.2) is 26.8 Å². The van der Waals surface area contributed by atoms with Crippen LogP contribution in [0.15, 0.2) is 71.9 Å². The van der Waals surface area contributed by atoms with Crippen molar-refractivity contribution in [3.8, 4) is 22.5 Å². The van der Waals surface area contributed by atoms with Crippen LogP contribution >= 0.6 is 35.0 Å². The molecule has 0 spiro atoms. The Bertz CT molecular complexity index is 1300. The molecule has 4 rings (SSSR count). The number of halogens is 2. The lowest BCUT2D eigenvalue weighted by atomic mass is 10.0. The van der Waals surface area contributed by atoms with Gasteiger partial charge in [0.25, 0.3) is 0 Å². The van der Waals surface area contributed by atoms with Crippen LogP contribution in [0.3, 0.4) is 0 Å². The first-order valence-electron chi connectivity index (χ1n) is 10.2. The third-order valence-electron chi connectivity index (χ3n) is 4.85. The molecule has 3 aromatic carbocycles. The Labute approximate surface area is 206 Å². The van der Waals surface area contributed by atoms with E-state index < -0.39 is 0 Å². The first kappa shape index (κ1) is 23.2. The molecular formula is C25H20Cl2N4OS. The van der Waals surface area contributed by atoms with Gasteiger partial charge in [0.05, 0.1) is 16.5 Å². The fourth-order valence-corrected chi connectivity index (χ4v) is 4.02. The second-order valence-corrected chi connectivity index (χ2v) is 9.27. The van der Waals surface area contributed by atoms with Gasteiger partial charge in [-0.05, 0) is 32.0 Å². The monoisotopic (exact) mass is 494 g/mol. The summed E-state index contributed by atoms with van der Waals surface area (Å²) in [4.78, 5) is 17.2. The van der Waals surface area contributed by atoms with Crippen molar-refractivity contribution in [1.82, 2.24) is 15.2 Å². The molecule has 0 aliphatic heterocycles. The lowest BCUT2D eigenvalue weighted by Crippen LogP contribution is -2.14. The molecule has 0 fully saturated rings. The third kappa shape index (κ3) is 5.90. The molecule has 1 amide bonds. The van der Waals surface area contributed by atoms with Crippen LogP contribution in [0.25, 0.3) is 22.5 Å². The first-order chi connectivity index (χ1) is 15.9. The number of rotatable bonds is 6. The normalized spacial score (nSPS) is 10.8. The number of hydrogen-bond donors (Lipinski definition) is 1. The molecule has 5 nitrogen and oxygen atoms in total. The van der Waals surface area contributed by atoms with Gasteiger partial charge in [0, 0.05) is 16.1 Å². The van der Waals surface area contributed by atoms with Crippen molar-refractivity contribution in [2.24, 2.45) is 0 Å². The van der Waals surface area contributed by atoms with E-state index in [0.717, 1.165) is 27.9 Å². The Morgan fingerprint density at radius 2 is 1.45 bits per heavy atom. The van der Waals surface area contributed by atoms with E-state index in [4.69, 9.17) is 28.2 Å².